The fourth-order valence-electron chi connectivity index (χ4n) is 3.82. The van der Waals surface area contributed by atoms with Crippen LogP contribution in [-0.4, -0.2) is 37.8 Å². The van der Waals surface area contributed by atoms with Crippen molar-refractivity contribution in [3.8, 4) is 0 Å². The summed E-state index contributed by atoms with van der Waals surface area (Å²) < 4.78 is 23.4. The molecule has 0 unspecified atom stereocenters. The molecule has 1 fully saturated rings. The van der Waals surface area contributed by atoms with Gasteiger partial charge in [0.15, 0.2) is 9.84 Å². The molecular formula is C19H22N2O4S3. The molecule has 0 radical (unpaired) electrons. The molecule has 2 aliphatic rings. The molecular weight excluding hydrogens is 416 g/mol. The van der Waals surface area contributed by atoms with E-state index in [-0.39, 0.29) is 29.4 Å². The van der Waals surface area contributed by atoms with E-state index >= 15 is 0 Å². The summed E-state index contributed by atoms with van der Waals surface area (Å²) in [5, 5.41) is 8.21. The van der Waals surface area contributed by atoms with Gasteiger partial charge in [0.2, 0.25) is 0 Å². The first-order valence-corrected chi connectivity index (χ1v) is 12.8. The molecule has 0 spiro atoms. The lowest BCUT2D eigenvalue weighted by molar-refractivity contribution is 0.0941. The maximum Gasteiger partial charge on any atom is 0.266 e. The quantitative estimate of drug-likeness (QED) is 0.767. The lowest BCUT2D eigenvalue weighted by Gasteiger charge is -2.19. The minimum absolute atomic E-state index is 0.0149. The Balaban J connectivity index is 1.62. The molecule has 2 aromatic rings. The van der Waals surface area contributed by atoms with Gasteiger partial charge in [-0.2, -0.15) is 0 Å². The predicted octanol–water partition coefficient (Wildman–Crippen LogP) is 3.10. The van der Waals surface area contributed by atoms with Crippen molar-refractivity contribution < 1.29 is 18.0 Å². The number of carbonyl (C=O) groups excluding carboxylic acids is 2. The molecule has 0 bridgehead atoms. The van der Waals surface area contributed by atoms with Crippen LogP contribution < -0.4 is 10.6 Å². The second-order valence-electron chi connectivity index (χ2n) is 7.56. The zero-order chi connectivity index (χ0) is 19.9. The van der Waals surface area contributed by atoms with Crippen molar-refractivity contribution in [2.24, 2.45) is 5.92 Å². The van der Waals surface area contributed by atoms with Crippen LogP contribution in [0.5, 0.6) is 0 Å². The third-order valence-electron chi connectivity index (χ3n) is 5.28. The highest BCUT2D eigenvalue weighted by Gasteiger charge is 2.33. The summed E-state index contributed by atoms with van der Waals surface area (Å²) >= 11 is 2.82. The summed E-state index contributed by atoms with van der Waals surface area (Å²) in [7, 11) is -3.07. The van der Waals surface area contributed by atoms with E-state index in [1.165, 1.54) is 22.7 Å². The van der Waals surface area contributed by atoms with Gasteiger partial charge in [-0.3, -0.25) is 9.59 Å². The molecule has 2 amide bonds. The van der Waals surface area contributed by atoms with E-state index in [4.69, 9.17) is 0 Å². The largest absolute Gasteiger partial charge is 0.348 e. The van der Waals surface area contributed by atoms with Gasteiger partial charge in [0.25, 0.3) is 11.8 Å². The van der Waals surface area contributed by atoms with Gasteiger partial charge in [-0.1, -0.05) is 13.0 Å². The van der Waals surface area contributed by atoms with Crippen LogP contribution in [0, 0.1) is 5.92 Å². The van der Waals surface area contributed by atoms with Crippen molar-refractivity contribution >= 4 is 49.3 Å². The molecule has 0 saturated carbocycles. The van der Waals surface area contributed by atoms with Crippen molar-refractivity contribution in [3.63, 3.8) is 0 Å². The van der Waals surface area contributed by atoms with Crippen LogP contribution in [0.2, 0.25) is 0 Å². The van der Waals surface area contributed by atoms with Gasteiger partial charge in [0, 0.05) is 10.9 Å². The number of carbonyl (C=O) groups is 2. The summed E-state index contributed by atoms with van der Waals surface area (Å²) in [6.45, 7) is 2.19. The van der Waals surface area contributed by atoms with E-state index in [0.717, 1.165) is 29.7 Å². The molecule has 2 atom stereocenters. The van der Waals surface area contributed by atoms with Crippen LogP contribution in [0.4, 0.5) is 5.00 Å². The molecule has 1 saturated heterocycles. The minimum Gasteiger partial charge on any atom is -0.348 e. The Bertz CT molecular complexity index is 1010. The Morgan fingerprint density at radius 2 is 2.04 bits per heavy atom. The van der Waals surface area contributed by atoms with Crippen LogP contribution in [0.25, 0.3) is 0 Å². The molecule has 28 heavy (non-hydrogen) atoms. The second-order valence-corrected chi connectivity index (χ2v) is 11.8. The lowest BCUT2D eigenvalue weighted by Crippen LogP contribution is -2.36. The van der Waals surface area contributed by atoms with Crippen LogP contribution in [-0.2, 0) is 22.7 Å². The Labute approximate surface area is 172 Å². The molecule has 1 aliphatic heterocycles. The first kappa shape index (κ1) is 19.6. The summed E-state index contributed by atoms with van der Waals surface area (Å²) in [5.41, 5.74) is 1.52. The Hall–Kier alpha value is -1.71. The molecule has 9 heteroatoms. The van der Waals surface area contributed by atoms with E-state index in [0.29, 0.717) is 27.8 Å². The van der Waals surface area contributed by atoms with Gasteiger partial charge in [0.05, 0.1) is 21.9 Å². The number of thiophene rings is 2. The average molecular weight is 439 g/mol. The number of hydrogen-bond acceptors (Lipinski definition) is 6. The summed E-state index contributed by atoms with van der Waals surface area (Å²) in [5.74, 6) is 0.135. The number of hydrogen-bond donors (Lipinski definition) is 2. The SMILES string of the molecule is C[C@@H]1CCc2c(sc(NC(=O)c3cccs3)c2C(=O)N[C@@H]2CCS(=O)(=O)C2)C1. The normalized spacial score (nSPS) is 23.2. The highest BCUT2D eigenvalue weighted by Crippen LogP contribution is 2.40. The van der Waals surface area contributed by atoms with Crippen molar-refractivity contribution in [2.75, 3.05) is 16.8 Å². The van der Waals surface area contributed by atoms with Crippen molar-refractivity contribution in [3.05, 3.63) is 38.4 Å². The first-order chi connectivity index (χ1) is 13.3. The zero-order valence-electron chi connectivity index (χ0n) is 15.5. The smallest absolute Gasteiger partial charge is 0.266 e. The lowest BCUT2D eigenvalue weighted by atomic mass is 9.88. The molecule has 2 N–H and O–H groups in total. The Morgan fingerprint density at radius 3 is 2.71 bits per heavy atom. The molecule has 1 aliphatic carbocycles. The van der Waals surface area contributed by atoms with E-state index in [1.807, 2.05) is 11.4 Å². The van der Waals surface area contributed by atoms with Crippen LogP contribution >= 0.6 is 22.7 Å². The van der Waals surface area contributed by atoms with Crippen LogP contribution in [0.1, 0.15) is 50.2 Å². The molecule has 2 aromatic heterocycles. The highest BCUT2D eigenvalue weighted by molar-refractivity contribution is 7.91. The number of sulfone groups is 1. The van der Waals surface area contributed by atoms with Crippen molar-refractivity contribution in [1.82, 2.24) is 5.32 Å². The van der Waals surface area contributed by atoms with Crippen molar-refractivity contribution in [1.29, 1.82) is 0 Å². The van der Waals surface area contributed by atoms with Crippen LogP contribution in [0.15, 0.2) is 17.5 Å². The van der Waals surface area contributed by atoms with E-state index < -0.39 is 9.84 Å². The van der Waals surface area contributed by atoms with Gasteiger partial charge in [0.1, 0.15) is 5.00 Å². The van der Waals surface area contributed by atoms with Gasteiger partial charge in [-0.25, -0.2) is 8.42 Å². The van der Waals surface area contributed by atoms with Gasteiger partial charge < -0.3 is 10.6 Å². The Kier molecular flexibility index (Phi) is 5.32. The monoisotopic (exact) mass is 438 g/mol. The second kappa shape index (κ2) is 7.61. The predicted molar refractivity (Wildman–Crippen MR) is 112 cm³/mol. The molecule has 6 nitrogen and oxygen atoms in total. The summed E-state index contributed by atoms with van der Waals surface area (Å²) in [4.78, 5) is 27.4. The third kappa shape index (κ3) is 4.01. The standard InChI is InChI=1S/C19H22N2O4S3/c1-11-4-5-13-15(9-11)27-19(21-17(22)14-3-2-7-26-14)16(13)18(23)20-12-6-8-28(24,25)10-12/h2-3,7,11-12H,4-6,8-10H2,1H3,(H,20,23)(H,21,22)/t11-,12-/m1/s1. The topological polar surface area (TPSA) is 92.3 Å². The summed E-state index contributed by atoms with van der Waals surface area (Å²) in [6.07, 6.45) is 3.13. The fourth-order valence-corrected chi connectivity index (χ4v) is 7.51. The number of nitrogens with one attached hydrogen (secondary N) is 2. The molecule has 150 valence electrons. The maximum atomic E-state index is 13.1. The number of fused-ring (bicyclic) bond motifs is 1. The number of amides is 2. The third-order valence-corrected chi connectivity index (χ3v) is 9.08. The minimum atomic E-state index is -3.07. The number of anilines is 1. The fraction of sp³-hybridized carbons (Fsp3) is 0.474. The van der Waals surface area contributed by atoms with Gasteiger partial charge in [-0.15, -0.1) is 22.7 Å². The van der Waals surface area contributed by atoms with E-state index in [9.17, 15) is 18.0 Å². The summed E-state index contributed by atoms with van der Waals surface area (Å²) in [6, 6.07) is 3.20. The molecule has 0 aromatic carbocycles. The highest BCUT2D eigenvalue weighted by atomic mass is 32.2. The Morgan fingerprint density at radius 1 is 1.21 bits per heavy atom. The average Bonchev–Trinajstić information content (AvgIpc) is 3.33. The first-order valence-electron chi connectivity index (χ1n) is 9.33. The van der Waals surface area contributed by atoms with Crippen LogP contribution in [0.3, 0.4) is 0 Å². The van der Waals surface area contributed by atoms with E-state index in [1.54, 1.807) is 6.07 Å². The van der Waals surface area contributed by atoms with Gasteiger partial charge >= 0.3 is 0 Å². The van der Waals surface area contributed by atoms with E-state index in [2.05, 4.69) is 17.6 Å². The van der Waals surface area contributed by atoms with Crippen molar-refractivity contribution in [2.45, 2.75) is 38.6 Å². The number of rotatable bonds is 4. The van der Waals surface area contributed by atoms with Gasteiger partial charge in [-0.05, 0) is 48.6 Å². The molecule has 3 heterocycles. The zero-order valence-corrected chi connectivity index (χ0v) is 17.9. The molecule has 4 rings (SSSR count). The maximum absolute atomic E-state index is 13.1.